The van der Waals surface area contributed by atoms with E-state index in [1.807, 2.05) is 26.0 Å². The van der Waals surface area contributed by atoms with Gasteiger partial charge in [0.1, 0.15) is 17.7 Å². The maximum absolute atomic E-state index is 13.7. The molecule has 2 aliphatic rings. The quantitative estimate of drug-likeness (QED) is 0.542. The first-order valence-corrected chi connectivity index (χ1v) is 14.4. The second-order valence-corrected chi connectivity index (χ2v) is 12.6. The lowest BCUT2D eigenvalue weighted by molar-refractivity contribution is -0.141. The number of amides is 4. The fraction of sp³-hybridized carbons (Fsp3) is 0.643. The molecule has 1 aromatic carbocycles. The van der Waals surface area contributed by atoms with Crippen LogP contribution in [-0.4, -0.2) is 76.0 Å². The lowest BCUT2D eigenvalue weighted by Crippen LogP contribution is -2.57. The number of benzene rings is 1. The van der Waals surface area contributed by atoms with Crippen LogP contribution in [-0.2, 0) is 25.5 Å². The molecule has 0 saturated carbocycles. The van der Waals surface area contributed by atoms with Crippen molar-refractivity contribution >= 4 is 35.6 Å². The van der Waals surface area contributed by atoms with Gasteiger partial charge in [-0.15, -0.1) is 11.8 Å². The van der Waals surface area contributed by atoms with Crippen molar-refractivity contribution in [3.8, 4) is 0 Å². The molecule has 1 aromatic rings. The average Bonchev–Trinajstić information content (AvgIpc) is 3.35. The predicted molar refractivity (Wildman–Crippen MR) is 148 cm³/mol. The van der Waals surface area contributed by atoms with Crippen molar-refractivity contribution in [2.24, 2.45) is 5.92 Å². The van der Waals surface area contributed by atoms with E-state index in [-0.39, 0.29) is 23.8 Å². The van der Waals surface area contributed by atoms with E-state index in [0.29, 0.717) is 12.3 Å². The first kappa shape index (κ1) is 29.8. The van der Waals surface area contributed by atoms with Crippen LogP contribution in [0.25, 0.3) is 0 Å². The summed E-state index contributed by atoms with van der Waals surface area (Å²) in [6.45, 7) is 11.0. The number of rotatable bonds is 7. The molecule has 4 unspecified atom stereocenters. The average molecular weight is 547 g/mol. The summed E-state index contributed by atoms with van der Waals surface area (Å²) in [7, 11) is 1.49. The smallest absolute Gasteiger partial charge is 0.410 e. The van der Waals surface area contributed by atoms with Gasteiger partial charge in [0, 0.05) is 19.3 Å². The second kappa shape index (κ2) is 12.4. The molecule has 1 aliphatic carbocycles. The maximum atomic E-state index is 13.7. The van der Waals surface area contributed by atoms with Crippen molar-refractivity contribution in [3.05, 3.63) is 35.4 Å². The molecule has 9 nitrogen and oxygen atoms in total. The lowest BCUT2D eigenvalue weighted by atomic mass is 9.88. The number of ether oxygens (including phenoxy) is 1. The Balaban J connectivity index is 1.67. The standard InChI is InChI=1S/C28H42N4O5S/c1-17(2)22(30-23(33)18(3)31(7)27(36)37-28(4,5)6)25(35)32-15-16-38-26(32)24(34)29-21-14-10-12-19-11-8-9-13-20(19)21/h8-9,11,13,17-18,21-22,26H,10,12,14-16H2,1-7H3,(H,29,34)(H,30,33). The number of aryl methyl sites for hydroxylation is 1. The third kappa shape index (κ3) is 7.21. The van der Waals surface area contributed by atoms with Crippen LogP contribution in [0.15, 0.2) is 24.3 Å². The van der Waals surface area contributed by atoms with Gasteiger partial charge in [0.25, 0.3) is 5.91 Å². The number of nitrogens with zero attached hydrogens (tertiary/aromatic N) is 2. The van der Waals surface area contributed by atoms with Gasteiger partial charge in [-0.25, -0.2) is 4.79 Å². The summed E-state index contributed by atoms with van der Waals surface area (Å²) in [5.41, 5.74) is 1.70. The van der Waals surface area contributed by atoms with Gasteiger partial charge < -0.3 is 20.3 Å². The Labute approximate surface area is 230 Å². The monoisotopic (exact) mass is 546 g/mol. The summed E-state index contributed by atoms with van der Waals surface area (Å²) < 4.78 is 5.36. The zero-order valence-electron chi connectivity index (χ0n) is 23.6. The van der Waals surface area contributed by atoms with Gasteiger partial charge in [-0.1, -0.05) is 38.1 Å². The van der Waals surface area contributed by atoms with Crippen LogP contribution in [0, 0.1) is 5.92 Å². The van der Waals surface area contributed by atoms with E-state index >= 15 is 0 Å². The van der Waals surface area contributed by atoms with Gasteiger partial charge in [-0.05, 0) is 64.0 Å². The van der Waals surface area contributed by atoms with Gasteiger partial charge in [0.05, 0.1) is 6.04 Å². The van der Waals surface area contributed by atoms with Crippen LogP contribution in [0.2, 0.25) is 0 Å². The maximum Gasteiger partial charge on any atom is 0.410 e. The molecule has 0 bridgehead atoms. The Morgan fingerprint density at radius 1 is 1.13 bits per heavy atom. The molecule has 1 saturated heterocycles. The van der Waals surface area contributed by atoms with E-state index in [1.165, 1.54) is 29.3 Å². The molecule has 38 heavy (non-hydrogen) atoms. The van der Waals surface area contributed by atoms with Crippen LogP contribution < -0.4 is 10.6 Å². The molecular formula is C28H42N4O5S. The molecule has 4 atom stereocenters. The molecule has 0 spiro atoms. The van der Waals surface area contributed by atoms with E-state index in [9.17, 15) is 19.2 Å². The minimum Gasteiger partial charge on any atom is -0.444 e. The number of nitrogens with one attached hydrogen (secondary N) is 2. The summed E-state index contributed by atoms with van der Waals surface area (Å²) in [4.78, 5) is 55.3. The zero-order chi connectivity index (χ0) is 28.2. The first-order chi connectivity index (χ1) is 17.8. The highest BCUT2D eigenvalue weighted by Gasteiger charge is 2.41. The van der Waals surface area contributed by atoms with Crippen molar-refractivity contribution < 1.29 is 23.9 Å². The van der Waals surface area contributed by atoms with Crippen molar-refractivity contribution in [1.29, 1.82) is 0 Å². The molecule has 0 aromatic heterocycles. The highest BCUT2D eigenvalue weighted by atomic mass is 32.2. The summed E-state index contributed by atoms with van der Waals surface area (Å²) in [6, 6.07) is 6.41. The van der Waals surface area contributed by atoms with Gasteiger partial charge in [-0.2, -0.15) is 0 Å². The Kier molecular flexibility index (Phi) is 9.73. The number of fused-ring (bicyclic) bond motifs is 1. The van der Waals surface area contributed by atoms with Gasteiger partial charge >= 0.3 is 6.09 Å². The van der Waals surface area contributed by atoms with Crippen LogP contribution >= 0.6 is 11.8 Å². The minimum absolute atomic E-state index is 0.0737. The summed E-state index contributed by atoms with van der Waals surface area (Å²) in [6.07, 6.45) is 2.24. The van der Waals surface area contributed by atoms with Crippen LogP contribution in [0.1, 0.15) is 71.6 Å². The first-order valence-electron chi connectivity index (χ1n) is 13.4. The van der Waals surface area contributed by atoms with E-state index in [4.69, 9.17) is 4.74 Å². The molecule has 210 valence electrons. The highest BCUT2D eigenvalue weighted by Crippen LogP contribution is 2.31. The number of carbonyl (C=O) groups is 4. The largest absolute Gasteiger partial charge is 0.444 e. The number of thioether (sulfide) groups is 1. The number of hydrogen-bond donors (Lipinski definition) is 2. The fourth-order valence-electron chi connectivity index (χ4n) is 4.69. The van der Waals surface area contributed by atoms with Crippen LogP contribution in [0.3, 0.4) is 0 Å². The number of likely N-dealkylation sites (N-methyl/N-ethyl adjacent to an activating group) is 1. The molecule has 1 aliphatic heterocycles. The molecule has 4 amide bonds. The highest BCUT2D eigenvalue weighted by molar-refractivity contribution is 8.00. The second-order valence-electron chi connectivity index (χ2n) is 11.4. The van der Waals surface area contributed by atoms with Crippen molar-refractivity contribution in [3.63, 3.8) is 0 Å². The Hall–Kier alpha value is -2.75. The van der Waals surface area contributed by atoms with Crippen molar-refractivity contribution in [2.45, 2.75) is 89.9 Å². The van der Waals surface area contributed by atoms with E-state index in [0.717, 1.165) is 24.8 Å². The zero-order valence-corrected chi connectivity index (χ0v) is 24.4. The van der Waals surface area contributed by atoms with Gasteiger partial charge in [-0.3, -0.25) is 19.3 Å². The normalized spacial score (nSPS) is 20.8. The van der Waals surface area contributed by atoms with Gasteiger partial charge in [0.15, 0.2) is 5.37 Å². The summed E-state index contributed by atoms with van der Waals surface area (Å²) in [5.74, 6) is -0.520. The van der Waals surface area contributed by atoms with Crippen molar-refractivity contribution in [1.82, 2.24) is 20.4 Å². The van der Waals surface area contributed by atoms with E-state index in [2.05, 4.69) is 22.8 Å². The molecule has 1 fully saturated rings. The molecule has 0 radical (unpaired) electrons. The fourth-order valence-corrected chi connectivity index (χ4v) is 5.83. The SMILES string of the molecule is CC(C)C(NC(=O)C(C)N(C)C(=O)OC(C)(C)C)C(=O)N1CCSC1C(=O)NC1CCCc2ccccc21. The van der Waals surface area contributed by atoms with E-state index in [1.54, 1.807) is 32.6 Å². The topological polar surface area (TPSA) is 108 Å². The Bertz CT molecular complexity index is 1040. The predicted octanol–water partition coefficient (Wildman–Crippen LogP) is 3.48. The summed E-state index contributed by atoms with van der Waals surface area (Å²) in [5, 5.41) is 5.34. The third-order valence-corrected chi connectivity index (χ3v) is 8.16. The Morgan fingerprint density at radius 3 is 2.47 bits per heavy atom. The number of hydrogen-bond acceptors (Lipinski definition) is 6. The molecule has 1 heterocycles. The molecule has 2 N–H and O–H groups in total. The minimum atomic E-state index is -0.850. The van der Waals surface area contributed by atoms with Crippen molar-refractivity contribution in [2.75, 3.05) is 19.3 Å². The molecule has 3 rings (SSSR count). The van der Waals surface area contributed by atoms with E-state index < -0.39 is 35.1 Å². The van der Waals surface area contributed by atoms with Gasteiger partial charge in [0.2, 0.25) is 11.8 Å². The van der Waals surface area contributed by atoms with Crippen LogP contribution in [0.4, 0.5) is 4.79 Å². The lowest BCUT2D eigenvalue weighted by Gasteiger charge is -2.33. The van der Waals surface area contributed by atoms with Crippen LogP contribution in [0.5, 0.6) is 0 Å². The third-order valence-electron chi connectivity index (χ3n) is 6.96. The molecule has 10 heteroatoms. The Morgan fingerprint density at radius 2 is 1.82 bits per heavy atom. The summed E-state index contributed by atoms with van der Waals surface area (Å²) >= 11 is 1.44. The number of carbonyl (C=O) groups excluding carboxylic acids is 4. The molecular weight excluding hydrogens is 504 g/mol.